The topological polar surface area (TPSA) is 54.7 Å². The van der Waals surface area contributed by atoms with Crippen molar-refractivity contribution in [2.45, 2.75) is 25.3 Å². The molecule has 8 heteroatoms. The van der Waals surface area contributed by atoms with Gasteiger partial charge in [0.05, 0.1) is 18.5 Å². The molecule has 148 valence electrons. The number of likely N-dealkylation sites (tertiary alicyclic amines) is 1. The van der Waals surface area contributed by atoms with Gasteiger partial charge in [0.2, 0.25) is 10.1 Å². The number of imidazole rings is 1. The van der Waals surface area contributed by atoms with Gasteiger partial charge >= 0.3 is 0 Å². The molecule has 3 aromatic rings. The lowest BCUT2D eigenvalue weighted by molar-refractivity contribution is 0.154. The van der Waals surface area contributed by atoms with Crippen LogP contribution in [0.2, 0.25) is 5.02 Å². The number of aromatic nitrogens is 3. The molecule has 0 bridgehead atoms. The standard InChI is InChI=1S/C20H24ClN5OS/c21-16-3-1-15(2-4-16)18-12-26-20(23-18)28-19(24-26)22-17-5-8-25(9-6-17)11-14-7-10-27-13-14/h1-4,12,14,17H,5-11,13H2,(H,22,24). The van der Waals surface area contributed by atoms with Gasteiger partial charge in [-0.3, -0.25) is 0 Å². The Kier molecular flexibility index (Phi) is 5.24. The molecule has 1 aromatic carbocycles. The fourth-order valence-corrected chi connectivity index (χ4v) is 5.03. The van der Waals surface area contributed by atoms with Crippen molar-refractivity contribution in [3.63, 3.8) is 0 Å². The molecule has 2 aliphatic heterocycles. The van der Waals surface area contributed by atoms with Gasteiger partial charge in [0.15, 0.2) is 0 Å². The predicted octanol–water partition coefficient (Wildman–Crippen LogP) is 4.02. The number of hydrogen-bond donors (Lipinski definition) is 1. The van der Waals surface area contributed by atoms with Gasteiger partial charge in [0.1, 0.15) is 0 Å². The molecule has 1 atom stereocenters. The molecule has 2 saturated heterocycles. The van der Waals surface area contributed by atoms with Gasteiger partial charge in [-0.1, -0.05) is 35.1 Å². The number of nitrogens with one attached hydrogen (secondary N) is 1. The van der Waals surface area contributed by atoms with Crippen molar-refractivity contribution >= 4 is 33.0 Å². The molecular formula is C20H24ClN5OS. The second kappa shape index (κ2) is 7.99. The van der Waals surface area contributed by atoms with Crippen LogP contribution in [0, 0.1) is 5.92 Å². The molecule has 4 heterocycles. The summed E-state index contributed by atoms with van der Waals surface area (Å²) in [4.78, 5) is 8.21. The zero-order valence-electron chi connectivity index (χ0n) is 15.7. The zero-order chi connectivity index (χ0) is 18.9. The van der Waals surface area contributed by atoms with E-state index in [4.69, 9.17) is 21.3 Å². The van der Waals surface area contributed by atoms with E-state index in [1.807, 2.05) is 35.0 Å². The minimum atomic E-state index is 0.489. The average Bonchev–Trinajstić information content (AvgIpc) is 3.41. The van der Waals surface area contributed by atoms with Crippen LogP contribution in [-0.4, -0.2) is 58.4 Å². The van der Waals surface area contributed by atoms with Crippen molar-refractivity contribution in [1.82, 2.24) is 19.5 Å². The molecule has 0 spiro atoms. The quantitative estimate of drug-likeness (QED) is 0.679. The number of piperidine rings is 1. The average molecular weight is 418 g/mol. The van der Waals surface area contributed by atoms with Crippen molar-refractivity contribution in [1.29, 1.82) is 0 Å². The highest BCUT2D eigenvalue weighted by atomic mass is 35.5. The van der Waals surface area contributed by atoms with Crippen LogP contribution in [0.5, 0.6) is 0 Å². The van der Waals surface area contributed by atoms with Crippen molar-refractivity contribution in [3.8, 4) is 11.3 Å². The molecule has 0 aliphatic carbocycles. The van der Waals surface area contributed by atoms with Crippen LogP contribution in [-0.2, 0) is 4.74 Å². The number of nitrogens with zero attached hydrogens (tertiary/aromatic N) is 4. The highest BCUT2D eigenvalue weighted by Gasteiger charge is 2.24. The first-order valence-corrected chi connectivity index (χ1v) is 11.1. The molecule has 2 fully saturated rings. The summed E-state index contributed by atoms with van der Waals surface area (Å²) in [6, 6.07) is 8.23. The first-order valence-electron chi connectivity index (χ1n) is 9.92. The van der Waals surface area contributed by atoms with E-state index < -0.39 is 0 Å². The Hall–Kier alpha value is -1.67. The number of hydrogen-bond acceptors (Lipinski definition) is 6. The van der Waals surface area contributed by atoms with Gasteiger partial charge in [-0.05, 0) is 37.3 Å². The fraction of sp³-hybridized carbons (Fsp3) is 0.500. The van der Waals surface area contributed by atoms with Crippen LogP contribution in [0.15, 0.2) is 30.5 Å². The first-order chi connectivity index (χ1) is 13.7. The Balaban J connectivity index is 1.18. The Morgan fingerprint density at radius 1 is 1.18 bits per heavy atom. The predicted molar refractivity (Wildman–Crippen MR) is 113 cm³/mol. The zero-order valence-corrected chi connectivity index (χ0v) is 17.3. The summed E-state index contributed by atoms with van der Waals surface area (Å²) in [5.74, 6) is 0.728. The summed E-state index contributed by atoms with van der Waals surface area (Å²) in [7, 11) is 0. The van der Waals surface area contributed by atoms with E-state index in [1.165, 1.54) is 13.0 Å². The van der Waals surface area contributed by atoms with E-state index >= 15 is 0 Å². The van der Waals surface area contributed by atoms with E-state index in [-0.39, 0.29) is 0 Å². The number of ether oxygens (including phenoxy) is 1. The van der Waals surface area contributed by atoms with Crippen molar-refractivity contribution < 1.29 is 4.74 Å². The SMILES string of the molecule is Clc1ccc(-c2cn3nc(NC4CCN(CC5CCOC5)CC4)sc3n2)cc1. The minimum absolute atomic E-state index is 0.489. The van der Waals surface area contributed by atoms with Crippen LogP contribution in [0.3, 0.4) is 0 Å². The van der Waals surface area contributed by atoms with Crippen LogP contribution >= 0.6 is 22.9 Å². The normalized spacial score (nSPS) is 21.5. The summed E-state index contributed by atoms with van der Waals surface area (Å²) in [6.45, 7) is 5.36. The number of anilines is 1. The second-order valence-corrected chi connectivity index (χ2v) is 9.11. The summed E-state index contributed by atoms with van der Waals surface area (Å²) >= 11 is 7.58. The van der Waals surface area contributed by atoms with E-state index in [2.05, 4.69) is 15.3 Å². The smallest absolute Gasteiger partial charge is 0.214 e. The van der Waals surface area contributed by atoms with Crippen LogP contribution in [0.25, 0.3) is 16.2 Å². The molecule has 28 heavy (non-hydrogen) atoms. The highest BCUT2D eigenvalue weighted by molar-refractivity contribution is 7.20. The third-order valence-corrected chi connectivity index (χ3v) is 6.74. The maximum Gasteiger partial charge on any atom is 0.214 e. The summed E-state index contributed by atoms with van der Waals surface area (Å²) in [6.07, 6.45) is 5.51. The van der Waals surface area contributed by atoms with E-state index in [0.29, 0.717) is 6.04 Å². The van der Waals surface area contributed by atoms with E-state index in [0.717, 1.165) is 71.4 Å². The molecule has 0 saturated carbocycles. The molecule has 2 aliphatic rings. The summed E-state index contributed by atoms with van der Waals surface area (Å²) < 4.78 is 7.37. The Bertz CT molecular complexity index is 894. The van der Waals surface area contributed by atoms with Gasteiger partial charge in [0.25, 0.3) is 0 Å². The van der Waals surface area contributed by atoms with Crippen molar-refractivity contribution in [3.05, 3.63) is 35.5 Å². The third-order valence-electron chi connectivity index (χ3n) is 5.64. The van der Waals surface area contributed by atoms with Crippen molar-refractivity contribution in [2.24, 2.45) is 5.92 Å². The Morgan fingerprint density at radius 3 is 2.71 bits per heavy atom. The fourth-order valence-electron chi connectivity index (χ4n) is 4.05. The number of benzene rings is 1. The number of halogens is 1. The van der Waals surface area contributed by atoms with Gasteiger partial charge < -0.3 is 15.0 Å². The molecular weight excluding hydrogens is 394 g/mol. The van der Waals surface area contributed by atoms with E-state index in [9.17, 15) is 0 Å². The Labute approximate surface area is 173 Å². The van der Waals surface area contributed by atoms with Crippen LogP contribution in [0.4, 0.5) is 5.13 Å². The van der Waals surface area contributed by atoms with Gasteiger partial charge in [-0.25, -0.2) is 9.50 Å². The van der Waals surface area contributed by atoms with Gasteiger partial charge in [0, 0.05) is 42.9 Å². The molecule has 2 aromatic heterocycles. The maximum absolute atomic E-state index is 5.97. The minimum Gasteiger partial charge on any atom is -0.381 e. The third kappa shape index (κ3) is 4.03. The van der Waals surface area contributed by atoms with E-state index in [1.54, 1.807) is 11.3 Å². The summed E-state index contributed by atoms with van der Waals surface area (Å²) in [5.41, 5.74) is 1.97. The number of rotatable bonds is 5. The largest absolute Gasteiger partial charge is 0.381 e. The second-order valence-electron chi connectivity index (χ2n) is 7.72. The summed E-state index contributed by atoms with van der Waals surface area (Å²) in [5, 5.41) is 9.98. The lowest BCUT2D eigenvalue weighted by atomic mass is 10.0. The molecule has 5 rings (SSSR count). The first kappa shape index (κ1) is 18.4. The lowest BCUT2D eigenvalue weighted by Crippen LogP contribution is -2.41. The highest BCUT2D eigenvalue weighted by Crippen LogP contribution is 2.27. The van der Waals surface area contributed by atoms with Gasteiger partial charge in [-0.2, -0.15) is 0 Å². The van der Waals surface area contributed by atoms with Crippen LogP contribution in [0.1, 0.15) is 19.3 Å². The molecule has 1 unspecified atom stereocenters. The van der Waals surface area contributed by atoms with Crippen LogP contribution < -0.4 is 5.32 Å². The lowest BCUT2D eigenvalue weighted by Gasteiger charge is -2.33. The molecule has 6 nitrogen and oxygen atoms in total. The monoisotopic (exact) mass is 417 g/mol. The molecule has 0 amide bonds. The molecule has 1 N–H and O–H groups in total. The van der Waals surface area contributed by atoms with Crippen molar-refractivity contribution in [2.75, 3.05) is 38.2 Å². The Morgan fingerprint density at radius 2 is 2.00 bits per heavy atom. The number of fused-ring (bicyclic) bond motifs is 1. The maximum atomic E-state index is 5.97. The van der Waals surface area contributed by atoms with Gasteiger partial charge in [-0.15, -0.1) is 5.10 Å². The molecule has 0 radical (unpaired) electrons.